The van der Waals surface area contributed by atoms with Crippen LogP contribution in [0.2, 0.25) is 0 Å². The normalized spacial score (nSPS) is 22.1. The van der Waals surface area contributed by atoms with E-state index >= 15 is 0 Å². The number of benzene rings is 2. The van der Waals surface area contributed by atoms with Crippen LogP contribution in [-0.2, 0) is 12.0 Å². The predicted molar refractivity (Wildman–Crippen MR) is 82.9 cm³/mol. The van der Waals surface area contributed by atoms with Gasteiger partial charge >= 0.3 is 0 Å². The molecule has 20 heavy (non-hydrogen) atoms. The van der Waals surface area contributed by atoms with Crippen molar-refractivity contribution in [1.82, 2.24) is 0 Å². The van der Waals surface area contributed by atoms with E-state index in [0.29, 0.717) is 0 Å². The molecule has 0 amide bonds. The van der Waals surface area contributed by atoms with Gasteiger partial charge in [0.1, 0.15) is 5.60 Å². The molecule has 0 radical (unpaired) electrons. The Morgan fingerprint density at radius 3 is 2.55 bits per heavy atom. The highest BCUT2D eigenvalue weighted by Gasteiger charge is 2.35. The van der Waals surface area contributed by atoms with Crippen LogP contribution in [0.15, 0.2) is 42.5 Å². The zero-order valence-corrected chi connectivity index (χ0v) is 12.3. The first-order valence-corrected chi connectivity index (χ1v) is 7.50. The molecule has 0 spiro atoms. The summed E-state index contributed by atoms with van der Waals surface area (Å²) in [6, 6.07) is 14.8. The summed E-state index contributed by atoms with van der Waals surface area (Å²) < 4.78 is 0. The third-order valence-corrected chi connectivity index (χ3v) is 4.53. The van der Waals surface area contributed by atoms with Gasteiger partial charge in [0.2, 0.25) is 0 Å². The van der Waals surface area contributed by atoms with Crippen LogP contribution in [0.4, 0.5) is 0 Å². The highest BCUT2D eigenvalue weighted by Crippen LogP contribution is 2.40. The van der Waals surface area contributed by atoms with E-state index in [2.05, 4.69) is 50.2 Å². The van der Waals surface area contributed by atoms with Crippen LogP contribution in [0.25, 0.3) is 0 Å². The van der Waals surface area contributed by atoms with Crippen molar-refractivity contribution in [3.63, 3.8) is 0 Å². The van der Waals surface area contributed by atoms with E-state index in [1.807, 2.05) is 6.07 Å². The summed E-state index contributed by atoms with van der Waals surface area (Å²) >= 11 is 0. The van der Waals surface area contributed by atoms with Crippen LogP contribution in [0, 0.1) is 13.8 Å². The van der Waals surface area contributed by atoms with E-state index in [9.17, 15) is 5.11 Å². The molecule has 0 aromatic heterocycles. The number of rotatable bonds is 1. The quantitative estimate of drug-likeness (QED) is 0.764. The zero-order chi connectivity index (χ0) is 14.2. The molecule has 1 nitrogen and oxygen atoms in total. The Morgan fingerprint density at radius 1 is 0.950 bits per heavy atom. The number of hydrogen-bond donors (Lipinski definition) is 1. The molecular formula is C19H22O. The van der Waals surface area contributed by atoms with Gasteiger partial charge in [-0.25, -0.2) is 0 Å². The molecule has 1 aliphatic rings. The lowest BCUT2D eigenvalue weighted by Crippen LogP contribution is -2.28. The molecular weight excluding hydrogens is 244 g/mol. The van der Waals surface area contributed by atoms with Crippen molar-refractivity contribution in [3.8, 4) is 0 Å². The van der Waals surface area contributed by atoms with Gasteiger partial charge in [0, 0.05) is 0 Å². The van der Waals surface area contributed by atoms with Crippen LogP contribution >= 0.6 is 0 Å². The molecule has 0 fully saturated rings. The summed E-state index contributed by atoms with van der Waals surface area (Å²) in [4.78, 5) is 0. The summed E-state index contributed by atoms with van der Waals surface area (Å²) in [5.74, 6) is 0. The van der Waals surface area contributed by atoms with Crippen molar-refractivity contribution in [3.05, 3.63) is 70.3 Å². The Balaban J connectivity index is 2.19. The molecule has 2 aromatic rings. The minimum absolute atomic E-state index is 0.813. The average Bonchev–Trinajstić information content (AvgIpc) is 2.59. The fraction of sp³-hybridized carbons (Fsp3) is 0.368. The minimum atomic E-state index is -0.828. The Morgan fingerprint density at radius 2 is 1.75 bits per heavy atom. The summed E-state index contributed by atoms with van der Waals surface area (Å²) in [5.41, 5.74) is 5.07. The third-order valence-electron chi connectivity index (χ3n) is 4.53. The smallest absolute Gasteiger partial charge is 0.115 e. The van der Waals surface area contributed by atoms with Crippen LogP contribution < -0.4 is 0 Å². The Labute approximate surface area is 121 Å². The Bertz CT molecular complexity index is 629. The molecule has 0 saturated heterocycles. The number of fused-ring (bicyclic) bond motifs is 1. The van der Waals surface area contributed by atoms with Gasteiger partial charge in [-0.3, -0.25) is 0 Å². The highest BCUT2D eigenvalue weighted by atomic mass is 16.3. The highest BCUT2D eigenvalue weighted by molar-refractivity contribution is 5.45. The molecule has 2 aromatic carbocycles. The van der Waals surface area contributed by atoms with Gasteiger partial charge in [0.25, 0.3) is 0 Å². The second kappa shape index (κ2) is 5.06. The lowest BCUT2D eigenvalue weighted by molar-refractivity contribution is 0.0698. The second-order valence-electron chi connectivity index (χ2n) is 6.04. The van der Waals surface area contributed by atoms with E-state index < -0.39 is 5.60 Å². The largest absolute Gasteiger partial charge is 0.380 e. The SMILES string of the molecule is Cc1ccc(C2(O)CCCCc3ccccc32)c(C)c1. The van der Waals surface area contributed by atoms with Crippen molar-refractivity contribution in [1.29, 1.82) is 0 Å². The van der Waals surface area contributed by atoms with E-state index in [1.54, 1.807) is 0 Å². The molecule has 0 heterocycles. The fourth-order valence-corrected chi connectivity index (χ4v) is 3.53. The van der Waals surface area contributed by atoms with Gasteiger partial charge in [0.05, 0.1) is 0 Å². The van der Waals surface area contributed by atoms with Gasteiger partial charge in [-0.2, -0.15) is 0 Å². The molecule has 0 aliphatic heterocycles. The second-order valence-corrected chi connectivity index (χ2v) is 6.04. The van der Waals surface area contributed by atoms with Gasteiger partial charge in [-0.15, -0.1) is 0 Å². The molecule has 0 saturated carbocycles. The molecule has 1 unspecified atom stereocenters. The van der Waals surface area contributed by atoms with Crippen LogP contribution in [0.3, 0.4) is 0 Å². The standard InChI is InChI=1S/C19H22O/c1-14-10-11-17(15(2)13-14)19(20)12-6-5-8-16-7-3-4-9-18(16)19/h3-4,7,9-11,13,20H,5-6,8,12H2,1-2H3. The summed E-state index contributed by atoms with van der Waals surface area (Å²) in [7, 11) is 0. The number of aliphatic hydroxyl groups is 1. The maximum atomic E-state index is 11.4. The van der Waals surface area contributed by atoms with Crippen molar-refractivity contribution >= 4 is 0 Å². The fourth-order valence-electron chi connectivity index (χ4n) is 3.53. The summed E-state index contributed by atoms with van der Waals surface area (Å²) in [5, 5.41) is 11.4. The van der Waals surface area contributed by atoms with E-state index in [-0.39, 0.29) is 0 Å². The van der Waals surface area contributed by atoms with Crippen molar-refractivity contribution in [2.45, 2.75) is 45.1 Å². The third kappa shape index (κ3) is 2.16. The minimum Gasteiger partial charge on any atom is -0.380 e. The van der Waals surface area contributed by atoms with Crippen LogP contribution in [-0.4, -0.2) is 5.11 Å². The topological polar surface area (TPSA) is 20.2 Å². The molecule has 0 bridgehead atoms. The lowest BCUT2D eigenvalue weighted by Gasteiger charge is -2.31. The first kappa shape index (κ1) is 13.4. The summed E-state index contributed by atoms with van der Waals surface area (Å²) in [6.45, 7) is 4.20. The van der Waals surface area contributed by atoms with Gasteiger partial charge < -0.3 is 5.11 Å². The van der Waals surface area contributed by atoms with Crippen molar-refractivity contribution in [2.24, 2.45) is 0 Å². The number of aryl methyl sites for hydroxylation is 3. The van der Waals surface area contributed by atoms with Crippen molar-refractivity contribution in [2.75, 3.05) is 0 Å². The Hall–Kier alpha value is -1.60. The first-order valence-electron chi connectivity index (χ1n) is 7.50. The van der Waals surface area contributed by atoms with Gasteiger partial charge in [-0.05, 0) is 61.8 Å². The lowest BCUT2D eigenvalue weighted by atomic mass is 9.79. The van der Waals surface area contributed by atoms with E-state index in [1.165, 1.54) is 16.7 Å². The van der Waals surface area contributed by atoms with Crippen molar-refractivity contribution < 1.29 is 5.11 Å². The average molecular weight is 266 g/mol. The first-order chi connectivity index (χ1) is 9.61. The maximum Gasteiger partial charge on any atom is 0.115 e. The van der Waals surface area contributed by atoms with E-state index in [4.69, 9.17) is 0 Å². The summed E-state index contributed by atoms with van der Waals surface area (Å²) in [6.07, 6.45) is 4.11. The Kier molecular flexibility index (Phi) is 3.39. The van der Waals surface area contributed by atoms with Crippen LogP contribution in [0.5, 0.6) is 0 Å². The molecule has 1 heteroatoms. The molecule has 104 valence electrons. The molecule has 1 atom stereocenters. The van der Waals surface area contributed by atoms with Gasteiger partial charge in [-0.1, -0.05) is 48.0 Å². The molecule has 1 aliphatic carbocycles. The van der Waals surface area contributed by atoms with Crippen LogP contribution in [0.1, 0.15) is 47.1 Å². The number of hydrogen-bond acceptors (Lipinski definition) is 1. The molecule has 1 N–H and O–H groups in total. The predicted octanol–water partition coefficient (Wildman–Crippen LogP) is 4.27. The molecule has 3 rings (SSSR count). The monoisotopic (exact) mass is 266 g/mol. The van der Waals surface area contributed by atoms with E-state index in [0.717, 1.165) is 36.8 Å². The zero-order valence-electron chi connectivity index (χ0n) is 12.3. The maximum absolute atomic E-state index is 11.4. The van der Waals surface area contributed by atoms with Gasteiger partial charge in [0.15, 0.2) is 0 Å².